The molecule has 0 saturated heterocycles. The summed E-state index contributed by atoms with van der Waals surface area (Å²) < 4.78 is 13.6. The van der Waals surface area contributed by atoms with Crippen LogP contribution in [0, 0.1) is 3.57 Å². The predicted octanol–water partition coefficient (Wildman–Crippen LogP) is 3.34. The summed E-state index contributed by atoms with van der Waals surface area (Å²) in [4.78, 5) is 10.4. The van der Waals surface area contributed by atoms with Crippen molar-refractivity contribution in [2.45, 2.75) is 0 Å². The van der Waals surface area contributed by atoms with Gasteiger partial charge in [-0.15, -0.1) is 5.12 Å². The lowest BCUT2D eigenvalue weighted by molar-refractivity contribution is 0.253. The summed E-state index contributed by atoms with van der Waals surface area (Å²) in [6.45, 7) is 0. The summed E-state index contributed by atoms with van der Waals surface area (Å²) in [7, 11) is 0. The Morgan fingerprint density at radius 2 is 2.25 bits per heavy atom. The van der Waals surface area contributed by atoms with Crippen LogP contribution in [0.1, 0.15) is 0 Å². The van der Waals surface area contributed by atoms with E-state index in [1.165, 1.54) is 12.1 Å². The average Bonchev–Trinajstić information content (AvgIpc) is 2.03. The van der Waals surface area contributed by atoms with Crippen molar-refractivity contribution >= 4 is 45.2 Å². The van der Waals surface area contributed by atoms with Crippen LogP contribution in [0.3, 0.4) is 0 Å². The number of benzene rings is 1. The molecule has 0 unspecified atom stereocenters. The quantitative estimate of drug-likeness (QED) is 0.337. The van der Waals surface area contributed by atoms with E-state index >= 15 is 0 Å². The zero-order valence-electron chi connectivity index (χ0n) is 5.80. The Morgan fingerprint density at radius 1 is 1.58 bits per heavy atom. The standard InChI is InChI=1S/C7H4ClFINO/c8-7(12)11(9)6-3-1-2-5(10)4-6/h1-4H. The zero-order valence-corrected chi connectivity index (χ0v) is 8.71. The Morgan fingerprint density at radius 3 is 2.75 bits per heavy atom. The van der Waals surface area contributed by atoms with Gasteiger partial charge in [0.2, 0.25) is 0 Å². The maximum absolute atomic E-state index is 12.8. The monoisotopic (exact) mass is 299 g/mol. The van der Waals surface area contributed by atoms with Crippen molar-refractivity contribution in [1.82, 2.24) is 0 Å². The van der Waals surface area contributed by atoms with Gasteiger partial charge in [0.15, 0.2) is 0 Å². The van der Waals surface area contributed by atoms with Crippen molar-refractivity contribution in [1.29, 1.82) is 0 Å². The Kier molecular flexibility index (Phi) is 3.28. The maximum atomic E-state index is 12.8. The van der Waals surface area contributed by atoms with Gasteiger partial charge in [0.05, 0.1) is 5.69 Å². The van der Waals surface area contributed by atoms with Crippen molar-refractivity contribution in [3.05, 3.63) is 27.8 Å². The molecule has 0 bridgehead atoms. The highest BCUT2D eigenvalue weighted by atomic mass is 127. The SMILES string of the molecule is O=C(Cl)N(F)c1cccc(I)c1. The molecule has 64 valence electrons. The molecule has 1 amide bonds. The van der Waals surface area contributed by atoms with Gasteiger partial charge in [0, 0.05) is 3.57 Å². The van der Waals surface area contributed by atoms with Crippen molar-refractivity contribution in [2.75, 3.05) is 5.12 Å². The highest BCUT2D eigenvalue weighted by Crippen LogP contribution is 2.19. The van der Waals surface area contributed by atoms with E-state index in [-0.39, 0.29) is 10.8 Å². The highest BCUT2D eigenvalue weighted by molar-refractivity contribution is 14.1. The number of carbonyl (C=O) groups excluding carboxylic acids is 1. The van der Waals surface area contributed by atoms with Crippen LogP contribution in [0.15, 0.2) is 24.3 Å². The molecule has 1 aromatic carbocycles. The van der Waals surface area contributed by atoms with E-state index in [4.69, 9.17) is 11.6 Å². The minimum absolute atomic E-state index is 0.107. The fraction of sp³-hybridized carbons (Fsp3) is 0. The van der Waals surface area contributed by atoms with Gasteiger partial charge in [-0.1, -0.05) is 10.5 Å². The number of anilines is 1. The summed E-state index contributed by atoms with van der Waals surface area (Å²) >= 11 is 6.94. The first-order valence-electron chi connectivity index (χ1n) is 3.02. The van der Waals surface area contributed by atoms with Gasteiger partial charge in [-0.3, -0.25) is 4.79 Å². The zero-order chi connectivity index (χ0) is 9.14. The van der Waals surface area contributed by atoms with E-state index in [1.54, 1.807) is 12.1 Å². The number of amides is 1. The molecule has 0 saturated carbocycles. The molecular weight excluding hydrogens is 295 g/mol. The normalized spacial score (nSPS) is 9.58. The number of nitrogens with zero attached hydrogens (tertiary/aromatic N) is 1. The van der Waals surface area contributed by atoms with Gasteiger partial charge in [-0.25, -0.2) is 0 Å². The molecule has 5 heteroatoms. The van der Waals surface area contributed by atoms with Crippen molar-refractivity contribution in [3.63, 3.8) is 0 Å². The molecule has 0 aliphatic carbocycles. The first kappa shape index (κ1) is 9.73. The van der Waals surface area contributed by atoms with Crippen LogP contribution in [-0.4, -0.2) is 5.37 Å². The molecule has 0 N–H and O–H groups in total. The van der Waals surface area contributed by atoms with Crippen LogP contribution >= 0.6 is 34.2 Å². The van der Waals surface area contributed by atoms with Gasteiger partial charge < -0.3 is 0 Å². The molecule has 0 fully saturated rings. The predicted molar refractivity (Wildman–Crippen MR) is 54.0 cm³/mol. The Labute approximate surface area is 87.4 Å². The van der Waals surface area contributed by atoms with Crippen LogP contribution in [-0.2, 0) is 0 Å². The Balaban J connectivity index is 2.95. The van der Waals surface area contributed by atoms with Gasteiger partial charge in [-0.05, 0) is 52.4 Å². The first-order chi connectivity index (χ1) is 5.61. The van der Waals surface area contributed by atoms with Crippen LogP contribution in [0.25, 0.3) is 0 Å². The van der Waals surface area contributed by atoms with E-state index in [9.17, 15) is 9.28 Å². The number of hydrogen-bond donors (Lipinski definition) is 0. The highest BCUT2D eigenvalue weighted by Gasteiger charge is 2.11. The lowest BCUT2D eigenvalue weighted by Gasteiger charge is -2.06. The van der Waals surface area contributed by atoms with E-state index in [2.05, 4.69) is 0 Å². The molecule has 0 aliphatic heterocycles. The fourth-order valence-corrected chi connectivity index (χ4v) is 1.32. The van der Waals surface area contributed by atoms with Gasteiger partial charge in [0.25, 0.3) is 0 Å². The van der Waals surface area contributed by atoms with Gasteiger partial charge in [0.1, 0.15) is 0 Å². The van der Waals surface area contributed by atoms with E-state index in [1.807, 2.05) is 22.6 Å². The molecule has 1 aromatic rings. The van der Waals surface area contributed by atoms with E-state index < -0.39 is 5.37 Å². The molecule has 0 heterocycles. The maximum Gasteiger partial charge on any atom is 0.349 e. The van der Waals surface area contributed by atoms with Gasteiger partial charge in [-0.2, -0.15) is 0 Å². The summed E-state index contributed by atoms with van der Waals surface area (Å²) in [5.74, 6) is 0. The second kappa shape index (κ2) is 4.04. The molecule has 0 aliphatic rings. The largest absolute Gasteiger partial charge is 0.349 e. The molecule has 12 heavy (non-hydrogen) atoms. The van der Waals surface area contributed by atoms with Crippen molar-refractivity contribution in [3.8, 4) is 0 Å². The molecule has 1 rings (SSSR count). The van der Waals surface area contributed by atoms with Crippen molar-refractivity contribution in [2.24, 2.45) is 0 Å². The van der Waals surface area contributed by atoms with Gasteiger partial charge >= 0.3 is 5.37 Å². The molecule has 0 aromatic heterocycles. The summed E-state index contributed by atoms with van der Waals surface area (Å²) in [5, 5.41) is -1.25. The first-order valence-corrected chi connectivity index (χ1v) is 4.48. The third-order valence-electron chi connectivity index (χ3n) is 1.19. The summed E-state index contributed by atoms with van der Waals surface area (Å²) in [5.41, 5.74) is 0.141. The molecule has 0 atom stereocenters. The van der Waals surface area contributed by atoms with Crippen LogP contribution in [0.2, 0.25) is 0 Å². The summed E-state index contributed by atoms with van der Waals surface area (Å²) in [6.07, 6.45) is 0. The minimum atomic E-state index is -1.14. The number of hydrogen-bond acceptors (Lipinski definition) is 1. The molecule has 2 nitrogen and oxygen atoms in total. The Hall–Kier alpha value is -0.360. The second-order valence-electron chi connectivity index (χ2n) is 2.01. The number of rotatable bonds is 1. The molecular formula is C7H4ClFINO. The van der Waals surface area contributed by atoms with E-state index in [0.717, 1.165) is 3.57 Å². The van der Waals surface area contributed by atoms with Crippen LogP contribution in [0.4, 0.5) is 15.0 Å². The third-order valence-corrected chi connectivity index (χ3v) is 2.01. The van der Waals surface area contributed by atoms with Crippen LogP contribution in [0.5, 0.6) is 0 Å². The number of carbonyl (C=O) groups is 1. The average molecular weight is 299 g/mol. The lowest BCUT2D eigenvalue weighted by Crippen LogP contribution is -2.13. The molecule has 0 radical (unpaired) electrons. The molecule has 0 spiro atoms. The third kappa shape index (κ3) is 2.31. The summed E-state index contributed by atoms with van der Waals surface area (Å²) in [6, 6.07) is 6.41. The topological polar surface area (TPSA) is 20.3 Å². The second-order valence-corrected chi connectivity index (χ2v) is 3.58. The number of halogens is 3. The van der Waals surface area contributed by atoms with Crippen molar-refractivity contribution < 1.29 is 9.28 Å². The van der Waals surface area contributed by atoms with Crippen LogP contribution < -0.4 is 5.12 Å². The van der Waals surface area contributed by atoms with E-state index in [0.29, 0.717) is 0 Å². The smallest absolute Gasteiger partial charge is 0.252 e. The fourth-order valence-electron chi connectivity index (χ4n) is 0.700. The Bertz CT molecular complexity index is 307. The minimum Gasteiger partial charge on any atom is -0.252 e. The lowest BCUT2D eigenvalue weighted by atomic mass is 10.3.